The lowest BCUT2D eigenvalue weighted by Gasteiger charge is -2.18. The van der Waals surface area contributed by atoms with Crippen LogP contribution in [0.2, 0.25) is 0 Å². The third-order valence-electron chi connectivity index (χ3n) is 2.51. The third-order valence-corrected chi connectivity index (χ3v) is 2.51. The topological polar surface area (TPSA) is 9.23 Å². The van der Waals surface area contributed by atoms with Gasteiger partial charge in [-0.05, 0) is 25.8 Å². The summed E-state index contributed by atoms with van der Waals surface area (Å²) in [5, 5.41) is 0. The van der Waals surface area contributed by atoms with Crippen molar-refractivity contribution in [3.63, 3.8) is 0 Å². The van der Waals surface area contributed by atoms with E-state index in [1.54, 1.807) is 7.11 Å². The molecule has 0 aliphatic rings. The van der Waals surface area contributed by atoms with Gasteiger partial charge in [0.25, 0.3) is 0 Å². The lowest BCUT2D eigenvalue weighted by Crippen LogP contribution is -2.21. The van der Waals surface area contributed by atoms with Crippen molar-refractivity contribution in [2.45, 2.75) is 26.4 Å². The van der Waals surface area contributed by atoms with E-state index in [1.165, 1.54) is 5.56 Å². The second kappa shape index (κ2) is 6.27. The minimum atomic E-state index is 0.180. The molecule has 15 heavy (non-hydrogen) atoms. The monoisotopic (exact) mass is 202 g/mol. The van der Waals surface area contributed by atoms with Crippen molar-refractivity contribution in [3.8, 4) is 11.8 Å². The summed E-state index contributed by atoms with van der Waals surface area (Å²) in [6.07, 6.45) is 1.10. The van der Waals surface area contributed by atoms with Gasteiger partial charge in [0, 0.05) is 13.0 Å². The first-order valence-corrected chi connectivity index (χ1v) is 5.27. The Hall–Kier alpha value is -1.26. The molecule has 1 rings (SSSR count). The van der Waals surface area contributed by atoms with Crippen LogP contribution in [0.1, 0.15) is 19.4 Å². The van der Waals surface area contributed by atoms with Crippen LogP contribution in [0.25, 0.3) is 0 Å². The lowest BCUT2D eigenvalue weighted by atomic mass is 9.98. The van der Waals surface area contributed by atoms with Crippen LogP contribution < -0.4 is 0 Å². The summed E-state index contributed by atoms with van der Waals surface area (Å²) < 4.78 is 5.47. The van der Waals surface area contributed by atoms with E-state index in [0.29, 0.717) is 0 Å². The highest BCUT2D eigenvalue weighted by Gasteiger charge is 2.14. The number of ether oxygens (including phenoxy) is 1. The minimum Gasteiger partial charge on any atom is -0.380 e. The molecule has 1 aromatic rings. The molecule has 0 aliphatic heterocycles. The van der Waals surface area contributed by atoms with E-state index in [4.69, 9.17) is 4.74 Å². The molecule has 0 saturated carbocycles. The molecule has 0 aromatic heterocycles. The summed E-state index contributed by atoms with van der Waals surface area (Å²) >= 11 is 0. The van der Waals surface area contributed by atoms with Crippen LogP contribution >= 0.6 is 0 Å². The fraction of sp³-hybridized carbons (Fsp3) is 0.429. The van der Waals surface area contributed by atoms with E-state index in [2.05, 4.69) is 43.0 Å². The molecular weight excluding hydrogens is 184 g/mol. The molecule has 1 heteroatoms. The van der Waals surface area contributed by atoms with Gasteiger partial charge < -0.3 is 4.74 Å². The first kappa shape index (κ1) is 11.8. The Labute approximate surface area is 92.5 Å². The Morgan fingerprint density at radius 2 is 1.93 bits per heavy atom. The van der Waals surface area contributed by atoms with Gasteiger partial charge in [0.1, 0.15) is 0 Å². The van der Waals surface area contributed by atoms with Gasteiger partial charge in [-0.15, -0.1) is 5.92 Å². The minimum absolute atomic E-state index is 0.180. The molecule has 0 bridgehead atoms. The molecule has 0 heterocycles. The average molecular weight is 202 g/mol. The first-order valence-electron chi connectivity index (χ1n) is 5.27. The number of methoxy groups -OCH3 is 1. The molecule has 2 atom stereocenters. The Bertz CT molecular complexity index is 331. The molecule has 0 aliphatic carbocycles. The normalized spacial score (nSPS) is 13.8. The van der Waals surface area contributed by atoms with Crippen LogP contribution in [-0.2, 0) is 11.2 Å². The maximum atomic E-state index is 5.47. The zero-order chi connectivity index (χ0) is 11.1. The third kappa shape index (κ3) is 3.77. The van der Waals surface area contributed by atoms with E-state index in [9.17, 15) is 0 Å². The van der Waals surface area contributed by atoms with E-state index in [-0.39, 0.29) is 12.0 Å². The van der Waals surface area contributed by atoms with Gasteiger partial charge in [-0.2, -0.15) is 0 Å². The van der Waals surface area contributed by atoms with Gasteiger partial charge in [0.05, 0.1) is 6.10 Å². The Kier molecular flexibility index (Phi) is 4.93. The van der Waals surface area contributed by atoms with Crippen LogP contribution in [-0.4, -0.2) is 13.2 Å². The van der Waals surface area contributed by atoms with Crippen molar-refractivity contribution in [3.05, 3.63) is 35.9 Å². The SMILES string of the molecule is CC#C[C@H](C)[C@H](Cc1ccccc1)OC. The number of benzene rings is 1. The number of rotatable bonds is 4. The summed E-state index contributed by atoms with van der Waals surface area (Å²) in [5.41, 5.74) is 1.30. The average Bonchev–Trinajstić information content (AvgIpc) is 2.27. The van der Waals surface area contributed by atoms with Crippen LogP contribution in [0.3, 0.4) is 0 Å². The molecule has 1 aromatic carbocycles. The van der Waals surface area contributed by atoms with Gasteiger partial charge in [0.15, 0.2) is 0 Å². The van der Waals surface area contributed by atoms with E-state index in [1.807, 2.05) is 13.0 Å². The molecule has 1 nitrogen and oxygen atoms in total. The Morgan fingerprint density at radius 3 is 2.47 bits per heavy atom. The van der Waals surface area contributed by atoms with Crippen LogP contribution in [0.15, 0.2) is 30.3 Å². The Balaban J connectivity index is 2.64. The molecule has 0 spiro atoms. The predicted molar refractivity (Wildman–Crippen MR) is 63.6 cm³/mol. The van der Waals surface area contributed by atoms with Crippen molar-refractivity contribution in [1.29, 1.82) is 0 Å². The molecule has 0 saturated heterocycles. The second-order valence-electron chi connectivity index (χ2n) is 3.65. The molecule has 0 radical (unpaired) electrons. The smallest absolute Gasteiger partial charge is 0.0746 e. The van der Waals surface area contributed by atoms with Crippen molar-refractivity contribution in [2.75, 3.05) is 7.11 Å². The zero-order valence-corrected chi connectivity index (χ0v) is 9.66. The van der Waals surface area contributed by atoms with Gasteiger partial charge >= 0.3 is 0 Å². The summed E-state index contributed by atoms with van der Waals surface area (Å²) in [4.78, 5) is 0. The van der Waals surface area contributed by atoms with Gasteiger partial charge in [0.2, 0.25) is 0 Å². The quantitative estimate of drug-likeness (QED) is 0.682. The van der Waals surface area contributed by atoms with E-state index < -0.39 is 0 Å². The van der Waals surface area contributed by atoms with Crippen molar-refractivity contribution >= 4 is 0 Å². The molecule has 80 valence electrons. The number of hydrogen-bond acceptors (Lipinski definition) is 1. The van der Waals surface area contributed by atoms with Crippen LogP contribution in [0.4, 0.5) is 0 Å². The fourth-order valence-electron chi connectivity index (χ4n) is 1.63. The summed E-state index contributed by atoms with van der Waals surface area (Å²) in [6, 6.07) is 10.4. The van der Waals surface area contributed by atoms with Gasteiger partial charge in [-0.3, -0.25) is 0 Å². The van der Waals surface area contributed by atoms with E-state index >= 15 is 0 Å². The number of hydrogen-bond donors (Lipinski definition) is 0. The lowest BCUT2D eigenvalue weighted by molar-refractivity contribution is 0.0775. The standard InChI is InChI=1S/C14H18O/c1-4-8-12(2)14(15-3)11-13-9-6-5-7-10-13/h5-7,9-10,12,14H,11H2,1-3H3/t12-,14-/m0/s1. The summed E-state index contributed by atoms with van der Waals surface area (Å²) in [6.45, 7) is 3.97. The van der Waals surface area contributed by atoms with Gasteiger partial charge in [-0.1, -0.05) is 36.3 Å². The van der Waals surface area contributed by atoms with Crippen molar-refractivity contribution < 1.29 is 4.74 Å². The second-order valence-corrected chi connectivity index (χ2v) is 3.65. The fourth-order valence-corrected chi connectivity index (χ4v) is 1.63. The zero-order valence-electron chi connectivity index (χ0n) is 9.66. The predicted octanol–water partition coefficient (Wildman–Crippen LogP) is 2.90. The summed E-state index contributed by atoms with van der Waals surface area (Å²) in [7, 11) is 1.75. The van der Waals surface area contributed by atoms with Crippen LogP contribution in [0, 0.1) is 17.8 Å². The maximum Gasteiger partial charge on any atom is 0.0746 e. The molecule has 0 unspecified atom stereocenters. The van der Waals surface area contributed by atoms with Crippen molar-refractivity contribution in [1.82, 2.24) is 0 Å². The highest BCUT2D eigenvalue weighted by molar-refractivity contribution is 5.16. The highest BCUT2D eigenvalue weighted by atomic mass is 16.5. The Morgan fingerprint density at radius 1 is 1.27 bits per heavy atom. The molecule has 0 N–H and O–H groups in total. The molecular formula is C14H18O. The van der Waals surface area contributed by atoms with Gasteiger partial charge in [-0.25, -0.2) is 0 Å². The maximum absolute atomic E-state index is 5.47. The molecule has 0 amide bonds. The van der Waals surface area contributed by atoms with Crippen LogP contribution in [0.5, 0.6) is 0 Å². The van der Waals surface area contributed by atoms with E-state index in [0.717, 1.165) is 6.42 Å². The molecule has 0 fully saturated rings. The largest absolute Gasteiger partial charge is 0.380 e. The van der Waals surface area contributed by atoms with Crippen molar-refractivity contribution in [2.24, 2.45) is 5.92 Å². The first-order chi connectivity index (χ1) is 7.27. The summed E-state index contributed by atoms with van der Waals surface area (Å²) in [5.74, 6) is 6.36. The highest BCUT2D eigenvalue weighted by Crippen LogP contribution is 2.12.